The Labute approximate surface area is 110 Å². The minimum absolute atomic E-state index is 0.442. The molecule has 0 saturated carbocycles. The van der Waals surface area contributed by atoms with Gasteiger partial charge in [0.25, 0.3) is 0 Å². The predicted molar refractivity (Wildman–Crippen MR) is 75.2 cm³/mol. The summed E-state index contributed by atoms with van der Waals surface area (Å²) >= 11 is 0. The van der Waals surface area contributed by atoms with Gasteiger partial charge in [-0.15, -0.1) is 0 Å². The number of hydrogen-bond donors (Lipinski definition) is 1. The highest BCUT2D eigenvalue weighted by Gasteiger charge is 2.27. The molecule has 1 N–H and O–H groups in total. The fraction of sp³-hybridized carbons (Fsp3) is 0.600. The van der Waals surface area contributed by atoms with Crippen LogP contribution < -0.4 is 10.1 Å². The molecule has 1 aromatic carbocycles. The van der Waals surface area contributed by atoms with E-state index in [1.807, 2.05) is 0 Å². The Morgan fingerprint density at radius 2 is 2.17 bits per heavy atom. The zero-order chi connectivity index (χ0) is 13.1. The van der Waals surface area contributed by atoms with E-state index in [2.05, 4.69) is 49.4 Å². The maximum atomic E-state index is 5.34. The third-order valence-electron chi connectivity index (χ3n) is 3.80. The monoisotopic (exact) mass is 248 g/mol. The maximum Gasteiger partial charge on any atom is 0.121 e. The van der Waals surface area contributed by atoms with Crippen LogP contribution in [0, 0.1) is 6.92 Å². The Hall–Kier alpha value is -1.06. The van der Waals surface area contributed by atoms with Gasteiger partial charge in [0.15, 0.2) is 0 Å². The van der Waals surface area contributed by atoms with Crippen LogP contribution in [-0.2, 0) is 0 Å². The summed E-state index contributed by atoms with van der Waals surface area (Å²) in [6.07, 6.45) is 2.54. The van der Waals surface area contributed by atoms with Crippen molar-refractivity contribution in [1.29, 1.82) is 0 Å². The molecule has 0 spiro atoms. The number of hydrogen-bond acceptors (Lipinski definition) is 3. The third kappa shape index (κ3) is 2.68. The molecule has 0 aromatic heterocycles. The molecular formula is C15H24N2O. The van der Waals surface area contributed by atoms with Gasteiger partial charge in [0.1, 0.15) is 5.75 Å². The summed E-state index contributed by atoms with van der Waals surface area (Å²) in [7, 11) is 6.04. The lowest BCUT2D eigenvalue weighted by atomic mass is 9.95. The number of aryl methyl sites for hydroxylation is 1. The number of methoxy groups -OCH3 is 1. The lowest BCUT2D eigenvalue weighted by molar-refractivity contribution is 0.244. The summed E-state index contributed by atoms with van der Waals surface area (Å²) in [5.74, 6) is 0.968. The van der Waals surface area contributed by atoms with Gasteiger partial charge in [0.05, 0.1) is 7.11 Å². The van der Waals surface area contributed by atoms with Crippen molar-refractivity contribution in [3.05, 3.63) is 29.3 Å². The molecule has 1 fully saturated rings. The Morgan fingerprint density at radius 3 is 2.67 bits per heavy atom. The zero-order valence-corrected chi connectivity index (χ0v) is 11.9. The minimum Gasteiger partial charge on any atom is -0.496 e. The second-order valence-corrected chi connectivity index (χ2v) is 5.34. The lowest BCUT2D eigenvalue weighted by Crippen LogP contribution is -2.37. The molecule has 2 unspecified atom stereocenters. The number of ether oxygens (including phenoxy) is 1. The van der Waals surface area contributed by atoms with Crippen molar-refractivity contribution in [1.82, 2.24) is 10.2 Å². The van der Waals surface area contributed by atoms with Crippen molar-refractivity contribution in [2.75, 3.05) is 27.7 Å². The Kier molecular flexibility index (Phi) is 4.25. The second-order valence-electron chi connectivity index (χ2n) is 5.34. The van der Waals surface area contributed by atoms with Crippen molar-refractivity contribution in [3.8, 4) is 5.75 Å². The highest BCUT2D eigenvalue weighted by molar-refractivity contribution is 5.38. The first kappa shape index (κ1) is 13.4. The summed E-state index contributed by atoms with van der Waals surface area (Å²) in [4.78, 5) is 2.31. The summed E-state index contributed by atoms with van der Waals surface area (Å²) in [5, 5.41) is 3.61. The van der Waals surface area contributed by atoms with Crippen molar-refractivity contribution in [2.45, 2.75) is 31.8 Å². The molecule has 2 atom stereocenters. The van der Waals surface area contributed by atoms with Crippen molar-refractivity contribution in [3.63, 3.8) is 0 Å². The number of nitrogens with zero attached hydrogens (tertiary/aromatic N) is 1. The summed E-state index contributed by atoms with van der Waals surface area (Å²) in [5.41, 5.74) is 2.58. The topological polar surface area (TPSA) is 24.5 Å². The molecule has 1 heterocycles. The minimum atomic E-state index is 0.442. The molecular weight excluding hydrogens is 224 g/mol. The van der Waals surface area contributed by atoms with Gasteiger partial charge in [-0.1, -0.05) is 12.1 Å². The summed E-state index contributed by atoms with van der Waals surface area (Å²) < 4.78 is 5.34. The first-order valence-electron chi connectivity index (χ1n) is 6.68. The van der Waals surface area contributed by atoms with E-state index in [1.165, 1.54) is 24.0 Å². The molecule has 1 saturated heterocycles. The highest BCUT2D eigenvalue weighted by atomic mass is 16.5. The summed E-state index contributed by atoms with van der Waals surface area (Å²) in [6.45, 7) is 3.25. The van der Waals surface area contributed by atoms with Gasteiger partial charge in [0, 0.05) is 12.1 Å². The molecule has 2 rings (SSSR count). The number of benzene rings is 1. The molecule has 0 aliphatic carbocycles. The van der Waals surface area contributed by atoms with E-state index in [-0.39, 0.29) is 0 Å². The first-order chi connectivity index (χ1) is 8.63. The van der Waals surface area contributed by atoms with Crippen molar-refractivity contribution >= 4 is 0 Å². The fourth-order valence-corrected chi connectivity index (χ4v) is 2.96. The van der Waals surface area contributed by atoms with E-state index < -0.39 is 0 Å². The van der Waals surface area contributed by atoms with Crippen molar-refractivity contribution < 1.29 is 4.74 Å². The van der Waals surface area contributed by atoms with E-state index in [9.17, 15) is 0 Å². The average molecular weight is 248 g/mol. The van der Waals surface area contributed by atoms with Crippen LogP contribution in [-0.4, -0.2) is 38.7 Å². The van der Waals surface area contributed by atoms with Crippen LogP contribution in [0.2, 0.25) is 0 Å². The molecule has 3 nitrogen and oxygen atoms in total. The molecule has 1 aromatic rings. The SMILES string of the molecule is COc1ccc(C(C2CCCN2)N(C)C)cc1C. The van der Waals surface area contributed by atoms with E-state index in [0.29, 0.717) is 12.1 Å². The van der Waals surface area contributed by atoms with E-state index in [1.54, 1.807) is 7.11 Å². The largest absolute Gasteiger partial charge is 0.496 e. The lowest BCUT2D eigenvalue weighted by Gasteiger charge is -2.31. The molecule has 18 heavy (non-hydrogen) atoms. The number of rotatable bonds is 4. The first-order valence-corrected chi connectivity index (χ1v) is 6.68. The molecule has 1 aliphatic heterocycles. The van der Waals surface area contributed by atoms with Crippen LogP contribution >= 0.6 is 0 Å². The van der Waals surface area contributed by atoms with Gasteiger partial charge < -0.3 is 15.0 Å². The number of likely N-dealkylation sites (N-methyl/N-ethyl adjacent to an activating group) is 1. The van der Waals surface area contributed by atoms with Gasteiger partial charge in [-0.3, -0.25) is 0 Å². The van der Waals surface area contributed by atoms with Crippen LogP contribution in [0.4, 0.5) is 0 Å². The van der Waals surface area contributed by atoms with Crippen LogP contribution in [0.1, 0.15) is 30.0 Å². The smallest absolute Gasteiger partial charge is 0.121 e. The highest BCUT2D eigenvalue weighted by Crippen LogP contribution is 2.30. The van der Waals surface area contributed by atoms with Crippen LogP contribution in [0.25, 0.3) is 0 Å². The molecule has 1 aliphatic rings. The Bertz CT molecular complexity index is 397. The average Bonchev–Trinajstić information content (AvgIpc) is 2.82. The van der Waals surface area contributed by atoms with Crippen molar-refractivity contribution in [2.24, 2.45) is 0 Å². The molecule has 0 radical (unpaired) electrons. The van der Waals surface area contributed by atoms with Crippen LogP contribution in [0.15, 0.2) is 18.2 Å². The van der Waals surface area contributed by atoms with E-state index in [4.69, 9.17) is 4.74 Å². The van der Waals surface area contributed by atoms with Crippen LogP contribution in [0.5, 0.6) is 5.75 Å². The third-order valence-corrected chi connectivity index (χ3v) is 3.80. The number of nitrogens with one attached hydrogen (secondary N) is 1. The second kappa shape index (κ2) is 5.72. The standard InChI is InChI=1S/C15H24N2O/c1-11-10-12(7-8-14(11)18-4)15(17(2)3)13-6-5-9-16-13/h7-8,10,13,15-16H,5-6,9H2,1-4H3. The van der Waals surface area contributed by atoms with Gasteiger partial charge in [-0.25, -0.2) is 0 Å². The van der Waals surface area contributed by atoms with Gasteiger partial charge in [-0.05, 0) is 57.6 Å². The van der Waals surface area contributed by atoms with Crippen LogP contribution in [0.3, 0.4) is 0 Å². The van der Waals surface area contributed by atoms with Gasteiger partial charge in [0.2, 0.25) is 0 Å². The predicted octanol–water partition coefficient (Wildman–Crippen LogP) is 2.36. The maximum absolute atomic E-state index is 5.34. The Balaban J connectivity index is 2.27. The molecule has 0 bridgehead atoms. The van der Waals surface area contributed by atoms with E-state index >= 15 is 0 Å². The normalized spacial score (nSPS) is 21.3. The quantitative estimate of drug-likeness (QED) is 0.885. The molecule has 3 heteroatoms. The fourth-order valence-electron chi connectivity index (χ4n) is 2.96. The van der Waals surface area contributed by atoms with Gasteiger partial charge >= 0.3 is 0 Å². The van der Waals surface area contributed by atoms with E-state index in [0.717, 1.165) is 12.3 Å². The molecule has 100 valence electrons. The summed E-state index contributed by atoms with van der Waals surface area (Å²) in [6, 6.07) is 7.53. The molecule has 0 amide bonds. The van der Waals surface area contributed by atoms with Gasteiger partial charge in [-0.2, -0.15) is 0 Å². The Morgan fingerprint density at radius 1 is 1.39 bits per heavy atom. The zero-order valence-electron chi connectivity index (χ0n) is 11.9.